The van der Waals surface area contributed by atoms with Gasteiger partial charge in [-0.25, -0.2) is 17.5 Å². The molecule has 7 nitrogen and oxygen atoms in total. The Morgan fingerprint density at radius 3 is 2.48 bits per heavy atom. The highest BCUT2D eigenvalue weighted by atomic mass is 32.2. The number of amides is 1. The maximum Gasteiger partial charge on any atom is 0.241 e. The quantitative estimate of drug-likeness (QED) is 0.856. The molecule has 0 saturated carbocycles. The lowest BCUT2D eigenvalue weighted by Gasteiger charge is -2.20. The number of fused-ring (bicyclic) bond motifs is 1. The van der Waals surface area contributed by atoms with Crippen LogP contribution in [-0.2, 0) is 14.8 Å². The molecule has 1 atom stereocenters. The third-order valence-electron chi connectivity index (χ3n) is 4.41. The number of nitrogens with one attached hydrogen (secondary N) is 1. The molecule has 2 aromatic carbocycles. The average Bonchev–Trinajstić information content (AvgIpc) is 3.01. The minimum absolute atomic E-state index is 0.0289. The molecule has 142 valence electrons. The Bertz CT molecular complexity index is 978. The lowest BCUT2D eigenvalue weighted by atomic mass is 10.3. The standard InChI is InChI=1S/C18H17FN2O5S/c19-12-1-3-14(4-2-12)21-11-13(9-18(21)22)20-27(23,24)15-5-6-16-17(10-15)26-8-7-25-16/h1-6,10,13,20H,7-9,11H2. The van der Waals surface area contributed by atoms with Gasteiger partial charge in [0.2, 0.25) is 15.9 Å². The molecule has 2 heterocycles. The second kappa shape index (κ2) is 6.82. The molecule has 4 rings (SSSR count). The highest BCUT2D eigenvalue weighted by Crippen LogP contribution is 2.32. The van der Waals surface area contributed by atoms with E-state index in [9.17, 15) is 17.6 Å². The van der Waals surface area contributed by atoms with E-state index in [0.29, 0.717) is 30.4 Å². The van der Waals surface area contributed by atoms with Crippen molar-refractivity contribution in [3.8, 4) is 11.5 Å². The number of carbonyl (C=O) groups excluding carboxylic acids is 1. The minimum Gasteiger partial charge on any atom is -0.486 e. The Morgan fingerprint density at radius 2 is 1.74 bits per heavy atom. The highest BCUT2D eigenvalue weighted by molar-refractivity contribution is 7.89. The van der Waals surface area contributed by atoms with Gasteiger partial charge in [0.25, 0.3) is 0 Å². The molecule has 1 fully saturated rings. The van der Waals surface area contributed by atoms with Crippen LogP contribution >= 0.6 is 0 Å². The maximum atomic E-state index is 13.1. The summed E-state index contributed by atoms with van der Waals surface area (Å²) in [5.41, 5.74) is 0.530. The minimum atomic E-state index is -3.84. The Morgan fingerprint density at radius 1 is 1.04 bits per heavy atom. The van der Waals surface area contributed by atoms with E-state index in [1.165, 1.54) is 41.3 Å². The Labute approximate surface area is 155 Å². The van der Waals surface area contributed by atoms with Crippen LogP contribution in [0.15, 0.2) is 47.4 Å². The molecule has 2 aromatic rings. The van der Waals surface area contributed by atoms with Gasteiger partial charge in [-0.3, -0.25) is 4.79 Å². The number of carbonyl (C=O) groups is 1. The van der Waals surface area contributed by atoms with E-state index in [0.717, 1.165) is 0 Å². The van der Waals surface area contributed by atoms with Crippen molar-refractivity contribution in [2.45, 2.75) is 17.4 Å². The Kier molecular flexibility index (Phi) is 4.48. The lowest BCUT2D eigenvalue weighted by molar-refractivity contribution is -0.117. The van der Waals surface area contributed by atoms with Crippen LogP contribution in [-0.4, -0.2) is 40.1 Å². The summed E-state index contributed by atoms with van der Waals surface area (Å²) >= 11 is 0. The number of sulfonamides is 1. The Hall–Kier alpha value is -2.65. The summed E-state index contributed by atoms with van der Waals surface area (Å²) in [6.45, 7) is 0.947. The molecule has 9 heteroatoms. The van der Waals surface area contributed by atoms with Crippen molar-refractivity contribution in [1.82, 2.24) is 4.72 Å². The number of ether oxygens (including phenoxy) is 2. The van der Waals surface area contributed by atoms with Crippen LogP contribution in [0.25, 0.3) is 0 Å². The molecule has 27 heavy (non-hydrogen) atoms. The smallest absolute Gasteiger partial charge is 0.241 e. The number of hydrogen-bond donors (Lipinski definition) is 1. The van der Waals surface area contributed by atoms with Gasteiger partial charge in [-0.15, -0.1) is 0 Å². The van der Waals surface area contributed by atoms with Crippen LogP contribution in [0.2, 0.25) is 0 Å². The number of rotatable bonds is 4. The number of halogens is 1. The number of benzene rings is 2. The van der Waals surface area contributed by atoms with E-state index in [-0.39, 0.29) is 23.8 Å². The van der Waals surface area contributed by atoms with Crippen LogP contribution < -0.4 is 19.1 Å². The van der Waals surface area contributed by atoms with Gasteiger partial charge in [0.15, 0.2) is 11.5 Å². The van der Waals surface area contributed by atoms with Crippen molar-refractivity contribution in [3.63, 3.8) is 0 Å². The van der Waals surface area contributed by atoms with E-state index < -0.39 is 21.9 Å². The molecular formula is C18H17FN2O5S. The van der Waals surface area contributed by atoms with Gasteiger partial charge in [0, 0.05) is 30.8 Å². The molecule has 1 saturated heterocycles. The number of hydrogen-bond acceptors (Lipinski definition) is 5. The van der Waals surface area contributed by atoms with Crippen molar-refractivity contribution in [2.75, 3.05) is 24.7 Å². The monoisotopic (exact) mass is 392 g/mol. The molecule has 0 bridgehead atoms. The van der Waals surface area contributed by atoms with E-state index in [1.54, 1.807) is 6.07 Å². The van der Waals surface area contributed by atoms with Gasteiger partial charge >= 0.3 is 0 Å². The van der Waals surface area contributed by atoms with Gasteiger partial charge in [-0.2, -0.15) is 0 Å². The zero-order valence-electron chi connectivity index (χ0n) is 14.2. The zero-order chi connectivity index (χ0) is 19.0. The van der Waals surface area contributed by atoms with Crippen molar-refractivity contribution in [2.24, 2.45) is 0 Å². The van der Waals surface area contributed by atoms with E-state index >= 15 is 0 Å². The summed E-state index contributed by atoms with van der Waals surface area (Å²) in [4.78, 5) is 13.7. The Balaban J connectivity index is 1.50. The van der Waals surface area contributed by atoms with Crippen LogP contribution in [0, 0.1) is 5.82 Å². The van der Waals surface area contributed by atoms with E-state index in [1.807, 2.05) is 0 Å². The first kappa shape index (κ1) is 17.7. The molecule has 2 aliphatic heterocycles. The molecular weight excluding hydrogens is 375 g/mol. The largest absolute Gasteiger partial charge is 0.486 e. The van der Waals surface area contributed by atoms with Gasteiger partial charge < -0.3 is 14.4 Å². The fraction of sp³-hybridized carbons (Fsp3) is 0.278. The molecule has 0 radical (unpaired) electrons. The van der Waals surface area contributed by atoms with Gasteiger partial charge in [-0.05, 0) is 36.4 Å². The van der Waals surface area contributed by atoms with Crippen molar-refractivity contribution in [3.05, 3.63) is 48.3 Å². The van der Waals surface area contributed by atoms with Crippen LogP contribution in [0.5, 0.6) is 11.5 Å². The summed E-state index contributed by atoms with van der Waals surface area (Å²) in [5.74, 6) is 0.246. The van der Waals surface area contributed by atoms with Crippen LogP contribution in [0.4, 0.5) is 10.1 Å². The predicted octanol–water partition coefficient (Wildman–Crippen LogP) is 1.68. The lowest BCUT2D eigenvalue weighted by Crippen LogP contribution is -2.37. The SMILES string of the molecule is O=C1CC(NS(=O)(=O)c2ccc3c(c2)OCCO3)CN1c1ccc(F)cc1. The average molecular weight is 392 g/mol. The van der Waals surface area contributed by atoms with Gasteiger partial charge in [-0.1, -0.05) is 0 Å². The number of anilines is 1. The molecule has 0 aliphatic carbocycles. The fourth-order valence-electron chi connectivity index (χ4n) is 3.14. The summed E-state index contributed by atoms with van der Waals surface area (Å²) in [6, 6.07) is 9.31. The van der Waals surface area contributed by atoms with Crippen molar-refractivity contribution >= 4 is 21.6 Å². The third kappa shape index (κ3) is 3.60. The first-order chi connectivity index (χ1) is 12.9. The zero-order valence-corrected chi connectivity index (χ0v) is 15.0. The molecule has 1 N–H and O–H groups in total. The molecule has 1 amide bonds. The summed E-state index contributed by atoms with van der Waals surface area (Å²) in [6.07, 6.45) is 0.0289. The summed E-state index contributed by atoms with van der Waals surface area (Å²) in [5, 5.41) is 0. The van der Waals surface area contributed by atoms with Crippen molar-refractivity contribution in [1.29, 1.82) is 0 Å². The second-order valence-electron chi connectivity index (χ2n) is 6.31. The van der Waals surface area contributed by atoms with E-state index in [2.05, 4.69) is 4.72 Å². The molecule has 1 unspecified atom stereocenters. The maximum absolute atomic E-state index is 13.1. The van der Waals surface area contributed by atoms with Crippen molar-refractivity contribution < 1.29 is 27.1 Å². The first-order valence-corrected chi connectivity index (χ1v) is 9.89. The first-order valence-electron chi connectivity index (χ1n) is 8.40. The number of nitrogens with zero attached hydrogens (tertiary/aromatic N) is 1. The summed E-state index contributed by atoms with van der Waals surface area (Å²) < 4.78 is 51.8. The third-order valence-corrected chi connectivity index (χ3v) is 5.93. The molecule has 0 spiro atoms. The van der Waals surface area contributed by atoms with Crippen LogP contribution in [0.3, 0.4) is 0 Å². The second-order valence-corrected chi connectivity index (χ2v) is 8.02. The van der Waals surface area contributed by atoms with Crippen LogP contribution in [0.1, 0.15) is 6.42 Å². The van der Waals surface area contributed by atoms with E-state index in [4.69, 9.17) is 9.47 Å². The molecule has 2 aliphatic rings. The predicted molar refractivity (Wildman–Crippen MR) is 94.9 cm³/mol. The summed E-state index contributed by atoms with van der Waals surface area (Å²) in [7, 11) is -3.84. The van der Waals surface area contributed by atoms with Gasteiger partial charge in [0.05, 0.1) is 4.90 Å². The fourth-order valence-corrected chi connectivity index (χ4v) is 4.38. The van der Waals surface area contributed by atoms with Gasteiger partial charge in [0.1, 0.15) is 19.0 Å². The topological polar surface area (TPSA) is 84.9 Å². The normalized spacial score (nSPS) is 19.4. The molecule has 0 aromatic heterocycles. The highest BCUT2D eigenvalue weighted by Gasteiger charge is 2.34.